The molecule has 1 aromatic heterocycles. The van der Waals surface area contributed by atoms with Crippen molar-refractivity contribution >= 4 is 16.3 Å². The van der Waals surface area contributed by atoms with Crippen molar-refractivity contribution in [2.24, 2.45) is 11.8 Å². The molecule has 2 heteroatoms. The van der Waals surface area contributed by atoms with Crippen molar-refractivity contribution in [3.63, 3.8) is 0 Å². The Morgan fingerprint density at radius 1 is 1.15 bits per heavy atom. The van der Waals surface area contributed by atoms with Crippen LogP contribution in [-0.4, -0.2) is 4.98 Å². The lowest BCUT2D eigenvalue weighted by Crippen LogP contribution is -2.30. The summed E-state index contributed by atoms with van der Waals surface area (Å²) in [6.07, 6.45) is 11.8. The van der Waals surface area contributed by atoms with E-state index < -0.39 is 0 Å². The predicted octanol–water partition coefficient (Wildman–Crippen LogP) is 9.74. The molecule has 0 radical (unpaired) electrons. The van der Waals surface area contributed by atoms with Gasteiger partial charge in [-0.15, -0.1) is 0 Å². The van der Waals surface area contributed by atoms with Crippen LogP contribution in [0.15, 0.2) is 47.7 Å². The Bertz CT molecular complexity index is 1060. The Kier molecular flexibility index (Phi) is 9.23. The van der Waals surface area contributed by atoms with Crippen LogP contribution in [-0.2, 0) is 5.41 Å². The van der Waals surface area contributed by atoms with E-state index in [4.69, 9.17) is 4.98 Å². The number of pyridine rings is 1. The number of aromatic nitrogens is 1. The molecule has 2 aromatic rings. The average Bonchev–Trinajstić information content (AvgIpc) is 2.77. The van der Waals surface area contributed by atoms with E-state index in [1.54, 1.807) is 6.20 Å². The Morgan fingerprint density at radius 2 is 1.79 bits per heavy atom. The van der Waals surface area contributed by atoms with E-state index in [2.05, 4.69) is 66.7 Å². The highest BCUT2D eigenvalue weighted by atomic mass is 19.1. The maximum atomic E-state index is 15.0. The van der Waals surface area contributed by atoms with Crippen LogP contribution >= 0.6 is 0 Å². The number of nitrogens with zero attached hydrogens (tertiary/aromatic N) is 1. The standard InChI is InChI=1S/C25H28FN.C4H10.C2H6/c1-6-7-8-9-17-11-10-15(2)22-20(17)24-21-18(12-13-27-24)23(26)16(3)14-19(21)25(22,4)5;1-4(2)3;1-2/h7-8,10,12-14,17H,6,9,11H2,1-5H3;4H,1-3H3;1-2H3. The first-order valence-corrected chi connectivity index (χ1v) is 12.8. The number of allylic oxidation sites excluding steroid dienone is 6. The molecule has 0 amide bonds. The molecule has 1 unspecified atom stereocenters. The molecule has 4 rings (SSSR count). The normalized spacial score (nSPS) is 18.4. The first kappa shape index (κ1) is 27.0. The Labute approximate surface area is 201 Å². The van der Waals surface area contributed by atoms with Gasteiger partial charge in [0.25, 0.3) is 0 Å². The number of fused-ring (bicyclic) bond motifs is 1. The predicted molar refractivity (Wildman–Crippen MR) is 144 cm³/mol. The minimum atomic E-state index is -0.157. The highest BCUT2D eigenvalue weighted by Gasteiger charge is 2.40. The maximum Gasteiger partial charge on any atom is 0.134 e. The zero-order valence-electron chi connectivity index (χ0n) is 22.6. The third-order valence-corrected chi connectivity index (χ3v) is 6.32. The monoisotopic (exact) mass is 449 g/mol. The van der Waals surface area contributed by atoms with Gasteiger partial charge in [-0.25, -0.2) is 4.39 Å². The molecule has 2 aliphatic carbocycles. The van der Waals surface area contributed by atoms with Crippen molar-refractivity contribution in [3.8, 4) is 0 Å². The van der Waals surface area contributed by atoms with Crippen LogP contribution in [0.4, 0.5) is 4.39 Å². The molecule has 33 heavy (non-hydrogen) atoms. The van der Waals surface area contributed by atoms with Gasteiger partial charge in [0.1, 0.15) is 5.82 Å². The molecule has 1 aromatic carbocycles. The fourth-order valence-electron chi connectivity index (χ4n) is 5.05. The quantitative estimate of drug-likeness (QED) is 0.425. The molecule has 0 bridgehead atoms. The molecular formula is C31H44FN. The third-order valence-electron chi connectivity index (χ3n) is 6.32. The first-order valence-electron chi connectivity index (χ1n) is 12.8. The molecule has 0 N–H and O–H groups in total. The number of hydrogen-bond acceptors (Lipinski definition) is 1. The summed E-state index contributed by atoms with van der Waals surface area (Å²) in [5.74, 6) is 1.13. The van der Waals surface area contributed by atoms with Gasteiger partial charge in [0.2, 0.25) is 0 Å². The molecule has 180 valence electrons. The van der Waals surface area contributed by atoms with Gasteiger partial charge in [-0.1, -0.05) is 85.3 Å². The van der Waals surface area contributed by atoms with Gasteiger partial charge in [-0.2, -0.15) is 0 Å². The smallest absolute Gasteiger partial charge is 0.134 e. The van der Waals surface area contributed by atoms with Gasteiger partial charge in [0.05, 0.1) is 5.69 Å². The number of benzene rings is 1. The van der Waals surface area contributed by atoms with E-state index in [0.717, 1.165) is 36.3 Å². The van der Waals surface area contributed by atoms with Crippen LogP contribution in [0.1, 0.15) is 98.4 Å². The summed E-state index contributed by atoms with van der Waals surface area (Å²) in [7, 11) is 0. The molecule has 1 nitrogen and oxygen atoms in total. The average molecular weight is 450 g/mol. The van der Waals surface area contributed by atoms with Gasteiger partial charge in [0.15, 0.2) is 0 Å². The fraction of sp³-hybridized carbons (Fsp3) is 0.516. The van der Waals surface area contributed by atoms with E-state index in [1.807, 2.05) is 32.9 Å². The molecule has 0 fully saturated rings. The second kappa shape index (κ2) is 11.3. The Hall–Kier alpha value is -2.22. The van der Waals surface area contributed by atoms with E-state index >= 15 is 0 Å². The van der Waals surface area contributed by atoms with Crippen molar-refractivity contribution in [3.05, 3.63) is 70.3 Å². The molecule has 0 saturated carbocycles. The van der Waals surface area contributed by atoms with Crippen LogP contribution in [0.5, 0.6) is 0 Å². The minimum absolute atomic E-state index is 0.109. The summed E-state index contributed by atoms with van der Waals surface area (Å²) >= 11 is 0. The molecule has 1 atom stereocenters. The van der Waals surface area contributed by atoms with E-state index in [9.17, 15) is 4.39 Å². The van der Waals surface area contributed by atoms with E-state index in [0.29, 0.717) is 16.9 Å². The van der Waals surface area contributed by atoms with Crippen LogP contribution in [0.3, 0.4) is 0 Å². The highest BCUT2D eigenvalue weighted by Crippen LogP contribution is 2.53. The first-order chi connectivity index (χ1) is 15.6. The van der Waals surface area contributed by atoms with E-state index in [1.165, 1.54) is 22.3 Å². The molecule has 1 heterocycles. The SMILES string of the molecule is CC.CC(C)C.CCC=CCC1CC=C(C)C2=C1c1nccc3c(F)c(C)cc(c13)C2(C)C. The zero-order valence-corrected chi connectivity index (χ0v) is 22.6. The minimum Gasteiger partial charge on any atom is -0.256 e. The van der Waals surface area contributed by atoms with Crippen LogP contribution in [0, 0.1) is 24.6 Å². The largest absolute Gasteiger partial charge is 0.256 e. The maximum absolute atomic E-state index is 15.0. The lowest BCUT2D eigenvalue weighted by molar-refractivity contribution is 0.587. The second-order valence-electron chi connectivity index (χ2n) is 10.2. The Morgan fingerprint density at radius 3 is 2.39 bits per heavy atom. The van der Waals surface area contributed by atoms with Crippen molar-refractivity contribution in [1.82, 2.24) is 4.98 Å². The summed E-state index contributed by atoms with van der Waals surface area (Å²) in [5.41, 5.74) is 6.83. The van der Waals surface area contributed by atoms with Crippen LogP contribution in [0.25, 0.3) is 16.3 Å². The number of rotatable bonds is 3. The highest BCUT2D eigenvalue weighted by molar-refractivity contribution is 6.01. The second-order valence-corrected chi connectivity index (χ2v) is 10.2. The molecule has 2 aliphatic rings. The van der Waals surface area contributed by atoms with Gasteiger partial charge >= 0.3 is 0 Å². The number of halogens is 1. The van der Waals surface area contributed by atoms with Crippen LogP contribution < -0.4 is 0 Å². The van der Waals surface area contributed by atoms with E-state index in [-0.39, 0.29) is 11.2 Å². The Balaban J connectivity index is 0.000000582. The molecule has 0 saturated heterocycles. The van der Waals surface area contributed by atoms with Gasteiger partial charge in [0, 0.05) is 22.4 Å². The summed E-state index contributed by atoms with van der Waals surface area (Å²) < 4.78 is 15.0. The van der Waals surface area contributed by atoms with Gasteiger partial charge < -0.3 is 0 Å². The lowest BCUT2D eigenvalue weighted by atomic mass is 9.62. The summed E-state index contributed by atoms with van der Waals surface area (Å²) in [6, 6.07) is 3.88. The molecule has 0 spiro atoms. The lowest BCUT2D eigenvalue weighted by Gasteiger charge is -2.41. The van der Waals surface area contributed by atoms with Crippen molar-refractivity contribution in [2.75, 3.05) is 0 Å². The van der Waals surface area contributed by atoms with Gasteiger partial charge in [-0.05, 0) is 73.3 Å². The number of hydrogen-bond donors (Lipinski definition) is 0. The molecular weight excluding hydrogens is 405 g/mol. The topological polar surface area (TPSA) is 12.9 Å². The fourth-order valence-corrected chi connectivity index (χ4v) is 5.05. The number of aryl methyl sites for hydroxylation is 1. The van der Waals surface area contributed by atoms with Crippen molar-refractivity contribution in [2.45, 2.75) is 93.9 Å². The summed E-state index contributed by atoms with van der Waals surface area (Å²) in [6.45, 7) is 21.3. The third kappa shape index (κ3) is 5.31. The van der Waals surface area contributed by atoms with Gasteiger partial charge in [-0.3, -0.25) is 4.98 Å². The molecule has 0 aliphatic heterocycles. The van der Waals surface area contributed by atoms with Crippen molar-refractivity contribution in [1.29, 1.82) is 0 Å². The van der Waals surface area contributed by atoms with Crippen molar-refractivity contribution < 1.29 is 4.39 Å². The summed E-state index contributed by atoms with van der Waals surface area (Å²) in [5, 5.41) is 1.73. The van der Waals surface area contributed by atoms with Crippen LogP contribution in [0.2, 0.25) is 0 Å². The zero-order chi connectivity index (χ0) is 24.9. The summed E-state index contributed by atoms with van der Waals surface area (Å²) in [4.78, 5) is 4.80.